The molecule has 1 aliphatic rings. The molecular weight excluding hydrogens is 417 g/mol. The SMILES string of the molecule is CCNC(=NCCc1ccc(Br)s1)NC1CCN(c2ncccc2F)C1. The molecule has 1 aliphatic heterocycles. The number of halogens is 2. The third-order valence-electron chi connectivity index (χ3n) is 4.17. The predicted octanol–water partition coefficient (Wildman–Crippen LogP) is 3.42. The molecule has 2 aromatic rings. The minimum atomic E-state index is -0.268. The fraction of sp³-hybridized carbons (Fsp3) is 0.444. The summed E-state index contributed by atoms with van der Waals surface area (Å²) in [7, 11) is 0. The van der Waals surface area contributed by atoms with Crippen molar-refractivity contribution >= 4 is 39.0 Å². The highest BCUT2D eigenvalue weighted by atomic mass is 79.9. The molecule has 0 saturated carbocycles. The van der Waals surface area contributed by atoms with E-state index in [9.17, 15) is 4.39 Å². The molecule has 0 radical (unpaired) electrons. The third-order valence-corrected chi connectivity index (χ3v) is 5.85. The highest BCUT2D eigenvalue weighted by Gasteiger charge is 2.25. The van der Waals surface area contributed by atoms with Gasteiger partial charge in [0.1, 0.15) is 0 Å². The lowest BCUT2D eigenvalue weighted by Gasteiger charge is -2.19. The van der Waals surface area contributed by atoms with Crippen LogP contribution in [0.3, 0.4) is 0 Å². The van der Waals surface area contributed by atoms with Crippen molar-refractivity contribution in [1.29, 1.82) is 0 Å². The second kappa shape index (κ2) is 9.32. The summed E-state index contributed by atoms with van der Waals surface area (Å²) in [6.45, 7) is 5.09. The summed E-state index contributed by atoms with van der Waals surface area (Å²) in [5, 5.41) is 6.76. The summed E-state index contributed by atoms with van der Waals surface area (Å²) < 4.78 is 15.1. The van der Waals surface area contributed by atoms with Crippen molar-refractivity contribution in [3.8, 4) is 0 Å². The normalized spacial score (nSPS) is 17.6. The summed E-state index contributed by atoms with van der Waals surface area (Å²) >= 11 is 5.23. The van der Waals surface area contributed by atoms with E-state index < -0.39 is 0 Å². The molecular formula is C18H23BrFN5S. The van der Waals surface area contributed by atoms with E-state index >= 15 is 0 Å². The summed E-state index contributed by atoms with van der Waals surface area (Å²) in [6.07, 6.45) is 3.48. The van der Waals surface area contributed by atoms with Crippen LogP contribution in [0.2, 0.25) is 0 Å². The number of thiophene rings is 1. The molecule has 0 aliphatic carbocycles. The highest BCUT2D eigenvalue weighted by molar-refractivity contribution is 9.11. The van der Waals surface area contributed by atoms with Gasteiger partial charge in [0.25, 0.3) is 0 Å². The number of anilines is 1. The van der Waals surface area contributed by atoms with E-state index in [4.69, 9.17) is 0 Å². The number of hydrogen-bond acceptors (Lipinski definition) is 4. The van der Waals surface area contributed by atoms with Gasteiger partial charge in [-0.15, -0.1) is 11.3 Å². The molecule has 0 aromatic carbocycles. The predicted molar refractivity (Wildman–Crippen MR) is 110 cm³/mol. The Morgan fingerprint density at radius 3 is 3.08 bits per heavy atom. The number of nitrogens with zero attached hydrogens (tertiary/aromatic N) is 3. The van der Waals surface area contributed by atoms with Crippen molar-refractivity contribution in [3.05, 3.63) is 44.9 Å². The summed E-state index contributed by atoms with van der Waals surface area (Å²) in [4.78, 5) is 12.1. The van der Waals surface area contributed by atoms with Crippen molar-refractivity contribution in [2.75, 3.05) is 31.1 Å². The second-order valence-electron chi connectivity index (χ2n) is 6.10. The van der Waals surface area contributed by atoms with Crippen LogP contribution in [0.1, 0.15) is 18.2 Å². The average molecular weight is 440 g/mol. The summed E-state index contributed by atoms with van der Waals surface area (Å²) in [6, 6.07) is 7.49. The van der Waals surface area contributed by atoms with Crippen LogP contribution in [0.15, 0.2) is 39.2 Å². The Kier molecular flexibility index (Phi) is 6.85. The van der Waals surface area contributed by atoms with Gasteiger partial charge in [-0.3, -0.25) is 4.99 Å². The Morgan fingerprint density at radius 2 is 2.35 bits per heavy atom. The molecule has 8 heteroatoms. The smallest absolute Gasteiger partial charge is 0.191 e. The van der Waals surface area contributed by atoms with E-state index in [0.717, 1.165) is 48.8 Å². The van der Waals surface area contributed by atoms with E-state index in [2.05, 4.69) is 55.6 Å². The number of aliphatic imine (C=N–C) groups is 1. The second-order valence-corrected chi connectivity index (χ2v) is 8.65. The molecule has 1 saturated heterocycles. The maximum absolute atomic E-state index is 13.9. The van der Waals surface area contributed by atoms with Crippen molar-refractivity contribution in [3.63, 3.8) is 0 Å². The maximum Gasteiger partial charge on any atom is 0.191 e. The van der Waals surface area contributed by atoms with Crippen LogP contribution in [0, 0.1) is 5.82 Å². The molecule has 26 heavy (non-hydrogen) atoms. The fourth-order valence-corrected chi connectivity index (χ4v) is 4.43. The fourth-order valence-electron chi connectivity index (χ4n) is 2.96. The van der Waals surface area contributed by atoms with Crippen molar-refractivity contribution in [1.82, 2.24) is 15.6 Å². The highest BCUT2D eigenvalue weighted by Crippen LogP contribution is 2.22. The van der Waals surface area contributed by atoms with E-state index in [1.54, 1.807) is 23.6 Å². The third kappa shape index (κ3) is 5.17. The van der Waals surface area contributed by atoms with Crippen LogP contribution < -0.4 is 15.5 Å². The maximum atomic E-state index is 13.9. The molecule has 2 N–H and O–H groups in total. The van der Waals surface area contributed by atoms with Crippen LogP contribution in [-0.4, -0.2) is 43.2 Å². The van der Waals surface area contributed by atoms with Crippen LogP contribution in [-0.2, 0) is 6.42 Å². The Bertz CT molecular complexity index is 751. The number of guanidine groups is 1. The topological polar surface area (TPSA) is 52.6 Å². The minimum Gasteiger partial charge on any atom is -0.357 e. The molecule has 3 rings (SSSR count). The largest absolute Gasteiger partial charge is 0.357 e. The summed E-state index contributed by atoms with van der Waals surface area (Å²) in [5.41, 5.74) is 0. The zero-order valence-electron chi connectivity index (χ0n) is 14.7. The van der Waals surface area contributed by atoms with E-state index in [1.165, 1.54) is 10.9 Å². The first-order valence-electron chi connectivity index (χ1n) is 8.80. The molecule has 0 amide bonds. The standard InChI is InChI=1S/C18H23BrFN5S/c1-2-21-18(23-10-7-14-5-6-16(19)26-14)24-13-8-11-25(12-13)17-15(20)4-3-9-22-17/h3-6,9,13H,2,7-8,10-12H2,1H3,(H2,21,23,24). The molecule has 1 unspecified atom stereocenters. The quantitative estimate of drug-likeness (QED) is 0.534. The number of pyridine rings is 1. The van der Waals surface area contributed by atoms with Crippen LogP contribution in [0.5, 0.6) is 0 Å². The molecule has 140 valence electrons. The van der Waals surface area contributed by atoms with E-state index in [1.807, 2.05) is 4.90 Å². The van der Waals surface area contributed by atoms with Gasteiger partial charge >= 0.3 is 0 Å². The average Bonchev–Trinajstić information content (AvgIpc) is 3.25. The minimum absolute atomic E-state index is 0.227. The Morgan fingerprint density at radius 1 is 1.46 bits per heavy atom. The molecule has 0 spiro atoms. The first-order chi connectivity index (χ1) is 12.7. The number of nitrogens with one attached hydrogen (secondary N) is 2. The van der Waals surface area contributed by atoms with Crippen LogP contribution in [0.4, 0.5) is 10.2 Å². The lowest BCUT2D eigenvalue weighted by Crippen LogP contribution is -2.44. The van der Waals surface area contributed by atoms with Crippen molar-refractivity contribution < 1.29 is 4.39 Å². The van der Waals surface area contributed by atoms with Gasteiger partial charge in [0.05, 0.1) is 3.79 Å². The van der Waals surface area contributed by atoms with Gasteiger partial charge in [0.15, 0.2) is 17.6 Å². The number of hydrogen-bond donors (Lipinski definition) is 2. The first kappa shape index (κ1) is 19.1. The van der Waals surface area contributed by atoms with Crippen LogP contribution in [0.25, 0.3) is 0 Å². The van der Waals surface area contributed by atoms with E-state index in [0.29, 0.717) is 5.82 Å². The Balaban J connectivity index is 1.54. The van der Waals surface area contributed by atoms with Gasteiger partial charge in [-0.05, 0) is 53.5 Å². The molecule has 1 atom stereocenters. The number of aromatic nitrogens is 1. The molecule has 2 aromatic heterocycles. The molecule has 5 nitrogen and oxygen atoms in total. The Labute approximate surface area is 165 Å². The lowest BCUT2D eigenvalue weighted by atomic mass is 10.3. The van der Waals surface area contributed by atoms with Gasteiger partial charge in [-0.1, -0.05) is 0 Å². The summed E-state index contributed by atoms with van der Waals surface area (Å²) in [5.74, 6) is 0.981. The lowest BCUT2D eigenvalue weighted by molar-refractivity contribution is 0.612. The van der Waals surface area contributed by atoms with Gasteiger partial charge in [0, 0.05) is 49.7 Å². The molecule has 1 fully saturated rings. The van der Waals surface area contributed by atoms with Crippen LogP contribution >= 0.6 is 27.3 Å². The Hall–Kier alpha value is -1.67. The monoisotopic (exact) mass is 439 g/mol. The van der Waals surface area contributed by atoms with Gasteiger partial charge in [-0.25, -0.2) is 9.37 Å². The molecule has 0 bridgehead atoms. The first-order valence-corrected chi connectivity index (χ1v) is 10.4. The van der Waals surface area contributed by atoms with Gasteiger partial charge < -0.3 is 15.5 Å². The van der Waals surface area contributed by atoms with Gasteiger partial charge in [-0.2, -0.15) is 0 Å². The van der Waals surface area contributed by atoms with E-state index in [-0.39, 0.29) is 11.9 Å². The zero-order valence-corrected chi connectivity index (χ0v) is 17.1. The van der Waals surface area contributed by atoms with Crippen molar-refractivity contribution in [2.24, 2.45) is 4.99 Å². The molecule has 3 heterocycles. The zero-order chi connectivity index (χ0) is 18.4. The number of rotatable bonds is 6. The van der Waals surface area contributed by atoms with Gasteiger partial charge in [0.2, 0.25) is 0 Å². The van der Waals surface area contributed by atoms with Crippen molar-refractivity contribution in [2.45, 2.75) is 25.8 Å².